The summed E-state index contributed by atoms with van der Waals surface area (Å²) in [4.78, 5) is 49.2. The minimum atomic E-state index is -0.739. The van der Waals surface area contributed by atoms with Crippen molar-refractivity contribution in [3.8, 4) is 5.75 Å². The summed E-state index contributed by atoms with van der Waals surface area (Å²) in [5.74, 6) is -1.40. The molecule has 1 saturated heterocycles. The highest BCUT2D eigenvalue weighted by Crippen LogP contribution is 2.25. The van der Waals surface area contributed by atoms with Crippen LogP contribution in [-0.4, -0.2) is 37.4 Å². The van der Waals surface area contributed by atoms with Crippen molar-refractivity contribution in [2.75, 3.05) is 23.9 Å². The van der Waals surface area contributed by atoms with Crippen LogP contribution in [0.3, 0.4) is 0 Å². The largest absolute Gasteiger partial charge is 0.495 e. The second-order valence-corrected chi connectivity index (χ2v) is 6.50. The fraction of sp³-hybridized carbons (Fsp3) is 0.238. The molecule has 1 aliphatic rings. The molecule has 1 N–H and O–H groups in total. The fourth-order valence-corrected chi connectivity index (χ4v) is 2.96. The zero-order valence-electron chi connectivity index (χ0n) is 16.1. The molecule has 0 saturated carbocycles. The van der Waals surface area contributed by atoms with Gasteiger partial charge in [0.25, 0.3) is 5.91 Å². The summed E-state index contributed by atoms with van der Waals surface area (Å²) in [6.45, 7) is 1.37. The predicted molar refractivity (Wildman–Crippen MR) is 105 cm³/mol. The Morgan fingerprint density at radius 3 is 2.48 bits per heavy atom. The van der Waals surface area contributed by atoms with Crippen LogP contribution in [-0.2, 0) is 19.1 Å². The van der Waals surface area contributed by atoms with Gasteiger partial charge in [0, 0.05) is 12.8 Å². The number of imide groups is 1. The van der Waals surface area contributed by atoms with Gasteiger partial charge in [-0.2, -0.15) is 0 Å². The molecule has 1 aliphatic heterocycles. The van der Waals surface area contributed by atoms with E-state index in [-0.39, 0.29) is 30.2 Å². The molecule has 3 rings (SSSR count). The van der Waals surface area contributed by atoms with Gasteiger partial charge >= 0.3 is 5.97 Å². The van der Waals surface area contributed by atoms with Crippen molar-refractivity contribution in [2.24, 2.45) is 0 Å². The summed E-state index contributed by atoms with van der Waals surface area (Å²) >= 11 is 0. The lowest BCUT2D eigenvalue weighted by Crippen LogP contribution is -2.28. The first kappa shape index (κ1) is 20.1. The summed E-state index contributed by atoms with van der Waals surface area (Å²) in [5.41, 5.74) is 1.85. The molecule has 2 aromatic rings. The zero-order valence-corrected chi connectivity index (χ0v) is 16.1. The number of hydrogen-bond donors (Lipinski definition) is 1. The minimum Gasteiger partial charge on any atom is -0.495 e. The molecule has 3 amide bonds. The lowest BCUT2D eigenvalue weighted by Gasteiger charge is -2.14. The number of methoxy groups -OCH3 is 1. The molecule has 0 atom stereocenters. The van der Waals surface area contributed by atoms with Crippen LogP contribution >= 0.6 is 0 Å². The second-order valence-electron chi connectivity index (χ2n) is 6.50. The summed E-state index contributed by atoms with van der Waals surface area (Å²) in [5, 5.41) is 2.64. The van der Waals surface area contributed by atoms with Crippen molar-refractivity contribution in [1.29, 1.82) is 0 Å². The van der Waals surface area contributed by atoms with Gasteiger partial charge in [0.15, 0.2) is 6.61 Å². The van der Waals surface area contributed by atoms with E-state index < -0.39 is 18.5 Å². The van der Waals surface area contributed by atoms with Gasteiger partial charge in [-0.15, -0.1) is 0 Å². The summed E-state index contributed by atoms with van der Waals surface area (Å²) < 4.78 is 10.3. The Hall–Kier alpha value is -3.68. The lowest BCUT2D eigenvalue weighted by molar-refractivity contribution is -0.121. The van der Waals surface area contributed by atoms with E-state index in [4.69, 9.17) is 9.47 Å². The number of nitrogens with zero attached hydrogens (tertiary/aromatic N) is 1. The predicted octanol–water partition coefficient (Wildman–Crippen LogP) is 2.45. The van der Waals surface area contributed by atoms with Crippen LogP contribution < -0.4 is 15.0 Å². The molecule has 0 bridgehead atoms. The Bertz CT molecular complexity index is 969. The molecule has 1 heterocycles. The third-order valence-corrected chi connectivity index (χ3v) is 4.36. The molecule has 150 valence electrons. The van der Waals surface area contributed by atoms with Gasteiger partial charge in [-0.1, -0.05) is 12.1 Å². The third kappa shape index (κ3) is 4.60. The van der Waals surface area contributed by atoms with Gasteiger partial charge in [0.05, 0.1) is 24.0 Å². The van der Waals surface area contributed by atoms with Crippen molar-refractivity contribution < 1.29 is 28.7 Å². The highest BCUT2D eigenvalue weighted by molar-refractivity contribution is 6.20. The van der Waals surface area contributed by atoms with E-state index in [2.05, 4.69) is 5.32 Å². The van der Waals surface area contributed by atoms with Crippen molar-refractivity contribution in [1.82, 2.24) is 0 Å². The molecule has 2 aromatic carbocycles. The number of anilines is 2. The average Bonchev–Trinajstić information content (AvgIpc) is 3.04. The fourth-order valence-electron chi connectivity index (χ4n) is 2.96. The normalized spacial score (nSPS) is 13.4. The summed E-state index contributed by atoms with van der Waals surface area (Å²) in [7, 11) is 1.49. The number of carbonyl (C=O) groups is 4. The number of benzene rings is 2. The van der Waals surface area contributed by atoms with Crippen LogP contribution in [0, 0.1) is 6.92 Å². The number of aryl methyl sites for hydroxylation is 1. The van der Waals surface area contributed by atoms with E-state index in [1.165, 1.54) is 19.2 Å². The first-order valence-corrected chi connectivity index (χ1v) is 8.96. The van der Waals surface area contributed by atoms with Gasteiger partial charge in [-0.25, -0.2) is 4.79 Å². The molecule has 0 unspecified atom stereocenters. The Kier molecular flexibility index (Phi) is 5.92. The number of esters is 1. The number of amides is 3. The number of carbonyl (C=O) groups excluding carboxylic acids is 4. The van der Waals surface area contributed by atoms with Crippen LogP contribution in [0.1, 0.15) is 28.8 Å². The molecule has 1 fully saturated rings. The van der Waals surface area contributed by atoms with Crippen molar-refractivity contribution in [3.05, 3.63) is 53.6 Å². The van der Waals surface area contributed by atoms with Crippen LogP contribution in [0.4, 0.5) is 11.4 Å². The molecule has 8 nitrogen and oxygen atoms in total. The standard InChI is InChI=1S/C21H20N2O6/c1-13-6-7-17(28-2)16(10-13)22-18(24)12-29-21(27)14-4-3-5-15(11-14)23-19(25)8-9-20(23)26/h3-7,10-11H,8-9,12H2,1-2H3,(H,22,24). The molecule has 0 aliphatic carbocycles. The van der Waals surface area contributed by atoms with Gasteiger partial charge < -0.3 is 14.8 Å². The number of hydrogen-bond acceptors (Lipinski definition) is 6. The van der Waals surface area contributed by atoms with E-state index in [1.807, 2.05) is 13.0 Å². The van der Waals surface area contributed by atoms with Gasteiger partial charge in [0.2, 0.25) is 11.8 Å². The quantitative estimate of drug-likeness (QED) is 0.594. The molecule has 0 spiro atoms. The van der Waals surface area contributed by atoms with Gasteiger partial charge in [-0.3, -0.25) is 19.3 Å². The molecular weight excluding hydrogens is 376 g/mol. The van der Waals surface area contributed by atoms with E-state index in [9.17, 15) is 19.2 Å². The lowest BCUT2D eigenvalue weighted by atomic mass is 10.2. The summed E-state index contributed by atoms with van der Waals surface area (Å²) in [6, 6.07) is 11.3. The van der Waals surface area contributed by atoms with Gasteiger partial charge in [0.1, 0.15) is 5.75 Å². The van der Waals surface area contributed by atoms with Crippen LogP contribution in [0.5, 0.6) is 5.75 Å². The molecular formula is C21H20N2O6. The number of rotatable bonds is 6. The maximum absolute atomic E-state index is 12.3. The maximum atomic E-state index is 12.3. The smallest absolute Gasteiger partial charge is 0.338 e. The summed E-state index contributed by atoms with van der Waals surface area (Å²) in [6.07, 6.45) is 0.298. The molecule has 0 radical (unpaired) electrons. The average molecular weight is 396 g/mol. The maximum Gasteiger partial charge on any atom is 0.338 e. The van der Waals surface area contributed by atoms with Gasteiger partial charge in [-0.05, 0) is 42.8 Å². The number of ether oxygens (including phenoxy) is 2. The molecule has 8 heteroatoms. The Labute approximate surface area is 167 Å². The number of nitrogens with one attached hydrogen (secondary N) is 1. The van der Waals surface area contributed by atoms with E-state index in [1.54, 1.807) is 24.3 Å². The van der Waals surface area contributed by atoms with Crippen LogP contribution in [0.2, 0.25) is 0 Å². The first-order valence-electron chi connectivity index (χ1n) is 8.96. The Morgan fingerprint density at radius 1 is 1.07 bits per heavy atom. The highest BCUT2D eigenvalue weighted by atomic mass is 16.5. The molecule has 0 aromatic heterocycles. The van der Waals surface area contributed by atoms with Crippen molar-refractivity contribution in [2.45, 2.75) is 19.8 Å². The Morgan fingerprint density at radius 2 is 1.79 bits per heavy atom. The minimum absolute atomic E-state index is 0.135. The second kappa shape index (κ2) is 8.55. The van der Waals surface area contributed by atoms with Crippen molar-refractivity contribution >= 4 is 35.1 Å². The molecule has 29 heavy (non-hydrogen) atoms. The first-order chi connectivity index (χ1) is 13.9. The van der Waals surface area contributed by atoms with E-state index in [0.717, 1.165) is 10.5 Å². The topological polar surface area (TPSA) is 102 Å². The van der Waals surface area contributed by atoms with E-state index >= 15 is 0 Å². The van der Waals surface area contributed by atoms with Crippen LogP contribution in [0.25, 0.3) is 0 Å². The Balaban J connectivity index is 1.63. The van der Waals surface area contributed by atoms with Crippen molar-refractivity contribution in [3.63, 3.8) is 0 Å². The zero-order chi connectivity index (χ0) is 21.0. The monoisotopic (exact) mass is 396 g/mol. The van der Waals surface area contributed by atoms with Crippen LogP contribution in [0.15, 0.2) is 42.5 Å². The van der Waals surface area contributed by atoms with E-state index in [0.29, 0.717) is 17.1 Å². The highest BCUT2D eigenvalue weighted by Gasteiger charge is 2.30. The third-order valence-electron chi connectivity index (χ3n) is 4.36. The SMILES string of the molecule is COc1ccc(C)cc1NC(=O)COC(=O)c1cccc(N2C(=O)CCC2=O)c1.